The van der Waals surface area contributed by atoms with Crippen molar-refractivity contribution in [2.75, 3.05) is 13.7 Å². The van der Waals surface area contributed by atoms with E-state index in [1.54, 1.807) is 20.2 Å². The van der Waals surface area contributed by atoms with E-state index in [-0.39, 0.29) is 6.61 Å². The molecule has 0 saturated heterocycles. The zero-order chi connectivity index (χ0) is 12.8. The van der Waals surface area contributed by atoms with Gasteiger partial charge in [0.25, 0.3) is 0 Å². The Morgan fingerprint density at radius 3 is 2.19 bits per heavy atom. The fraction of sp³-hybridized carbons (Fsp3) is 1.00. The molecule has 5 nitrogen and oxygen atoms in total. The van der Waals surface area contributed by atoms with Crippen LogP contribution in [-0.4, -0.2) is 52.0 Å². The second kappa shape index (κ2) is 6.85. The average molecular weight is 268 g/mol. The molecule has 0 saturated carbocycles. The summed E-state index contributed by atoms with van der Waals surface area (Å²) in [6.45, 7) is 5.05. The molecule has 2 unspecified atom stereocenters. The molecule has 0 aromatic carbocycles. The first-order chi connectivity index (χ1) is 7.28. The van der Waals surface area contributed by atoms with Crippen LogP contribution in [0.5, 0.6) is 0 Å². The minimum Gasteiger partial charge on any atom is -0.415 e. The van der Waals surface area contributed by atoms with E-state index < -0.39 is 23.2 Å². The molecule has 0 fully saturated rings. The van der Waals surface area contributed by atoms with Gasteiger partial charge >= 0.3 is 17.1 Å². The van der Waals surface area contributed by atoms with Crippen molar-refractivity contribution in [2.45, 2.75) is 44.6 Å². The lowest BCUT2D eigenvalue weighted by Crippen LogP contribution is -2.52. The van der Waals surface area contributed by atoms with Gasteiger partial charge in [0.05, 0.1) is 12.7 Å². The van der Waals surface area contributed by atoms with Crippen LogP contribution in [0.25, 0.3) is 0 Å². The Hall–Kier alpha value is 0.234. The van der Waals surface area contributed by atoms with E-state index in [4.69, 9.17) is 13.6 Å². The Bertz CT molecular complexity index is 197. The first-order valence-corrected chi connectivity index (χ1v) is 10.6. The van der Waals surface area contributed by atoms with Crippen LogP contribution < -0.4 is 0 Å². The zero-order valence-electron chi connectivity index (χ0n) is 10.6. The fourth-order valence-electron chi connectivity index (χ4n) is 1.68. The summed E-state index contributed by atoms with van der Waals surface area (Å²) in [5.74, 6) is 0. The van der Waals surface area contributed by atoms with E-state index >= 15 is 0 Å². The molecule has 0 aliphatic rings. The molecule has 0 aromatic rings. The molecule has 0 spiro atoms. The van der Waals surface area contributed by atoms with Crippen LogP contribution in [0.15, 0.2) is 0 Å². The Kier molecular flexibility index (Phi) is 6.95. The highest BCUT2D eigenvalue weighted by atomic mass is 28.5. The fourth-order valence-corrected chi connectivity index (χ4v) is 8.58. The third-order valence-corrected chi connectivity index (χ3v) is 8.78. The maximum atomic E-state index is 9.82. The van der Waals surface area contributed by atoms with Gasteiger partial charge in [-0.25, -0.2) is 0 Å². The van der Waals surface area contributed by atoms with Crippen LogP contribution in [0.1, 0.15) is 13.3 Å². The molecule has 0 aliphatic carbocycles. The SMILES string of the molecule is CCC[Si](CC(O)CO)(OC)O[Si](C)(C)O. The van der Waals surface area contributed by atoms with Gasteiger partial charge < -0.3 is 23.5 Å². The molecule has 0 radical (unpaired) electrons. The monoisotopic (exact) mass is 268 g/mol. The molecule has 2 atom stereocenters. The van der Waals surface area contributed by atoms with E-state index in [9.17, 15) is 9.90 Å². The summed E-state index contributed by atoms with van der Waals surface area (Å²) in [7, 11) is -3.73. The normalized spacial score (nSPS) is 18.2. The third kappa shape index (κ3) is 6.09. The first-order valence-electron chi connectivity index (χ1n) is 5.55. The number of hydrogen-bond donors (Lipinski definition) is 3. The largest absolute Gasteiger partial charge is 0.415 e. The van der Waals surface area contributed by atoms with E-state index in [2.05, 4.69) is 0 Å². The second-order valence-electron chi connectivity index (χ2n) is 4.45. The average Bonchev–Trinajstić information content (AvgIpc) is 2.15. The summed E-state index contributed by atoms with van der Waals surface area (Å²) in [6.07, 6.45) is 0.0254. The lowest BCUT2D eigenvalue weighted by molar-refractivity contribution is 0.0989. The summed E-state index contributed by atoms with van der Waals surface area (Å²) < 4.78 is 11.2. The maximum Gasteiger partial charge on any atom is 0.331 e. The van der Waals surface area contributed by atoms with Crippen LogP contribution in [0.2, 0.25) is 25.2 Å². The lowest BCUT2D eigenvalue weighted by Gasteiger charge is -2.35. The molecular weight excluding hydrogens is 244 g/mol. The van der Waals surface area contributed by atoms with Crippen molar-refractivity contribution >= 4 is 17.1 Å². The number of aliphatic hydroxyl groups is 2. The second-order valence-corrected chi connectivity index (χ2v) is 11.3. The summed E-state index contributed by atoms with van der Waals surface area (Å²) in [6, 6.07) is 1.00. The Labute approximate surface area is 99.5 Å². The molecule has 0 heterocycles. The molecule has 3 N–H and O–H groups in total. The van der Waals surface area contributed by atoms with Gasteiger partial charge in [0.1, 0.15) is 0 Å². The van der Waals surface area contributed by atoms with Crippen LogP contribution >= 0.6 is 0 Å². The summed E-state index contributed by atoms with van der Waals surface area (Å²) in [5.41, 5.74) is 0. The van der Waals surface area contributed by atoms with Crippen molar-refractivity contribution in [2.24, 2.45) is 0 Å². The van der Waals surface area contributed by atoms with Gasteiger partial charge in [-0.1, -0.05) is 13.3 Å². The van der Waals surface area contributed by atoms with E-state index in [1.165, 1.54) is 0 Å². The molecule has 0 amide bonds. The van der Waals surface area contributed by atoms with Crippen molar-refractivity contribution in [1.29, 1.82) is 0 Å². The quantitative estimate of drug-likeness (QED) is 0.560. The molecule has 0 aromatic heterocycles. The predicted octanol–water partition coefficient (Wildman–Crippen LogP) is 0.549. The van der Waals surface area contributed by atoms with Crippen LogP contribution in [-0.2, 0) is 8.54 Å². The van der Waals surface area contributed by atoms with Crippen molar-refractivity contribution in [3.63, 3.8) is 0 Å². The summed E-state index contributed by atoms with van der Waals surface area (Å²) >= 11 is 0. The van der Waals surface area contributed by atoms with E-state index in [1.807, 2.05) is 6.92 Å². The number of hydrogen-bond acceptors (Lipinski definition) is 5. The summed E-state index contributed by atoms with van der Waals surface area (Å²) in [4.78, 5) is 9.82. The molecule has 0 rings (SSSR count). The molecule has 0 aliphatic heterocycles. The minimum absolute atomic E-state index is 0.296. The highest BCUT2D eigenvalue weighted by Crippen LogP contribution is 2.25. The molecular formula is C9H24O5Si2. The van der Waals surface area contributed by atoms with Gasteiger partial charge in [0.15, 0.2) is 0 Å². The van der Waals surface area contributed by atoms with Crippen molar-refractivity contribution in [1.82, 2.24) is 0 Å². The van der Waals surface area contributed by atoms with Gasteiger partial charge in [-0.15, -0.1) is 0 Å². The highest BCUT2D eigenvalue weighted by molar-refractivity contribution is 6.79. The minimum atomic E-state index is -2.69. The Morgan fingerprint density at radius 1 is 1.31 bits per heavy atom. The highest BCUT2D eigenvalue weighted by Gasteiger charge is 2.42. The van der Waals surface area contributed by atoms with Crippen LogP contribution in [0, 0.1) is 0 Å². The van der Waals surface area contributed by atoms with E-state index in [0.29, 0.717) is 12.1 Å². The lowest BCUT2D eigenvalue weighted by atomic mass is 10.4. The summed E-state index contributed by atoms with van der Waals surface area (Å²) in [5, 5.41) is 18.4. The molecule has 98 valence electrons. The topological polar surface area (TPSA) is 79.2 Å². The first kappa shape index (κ1) is 16.2. The van der Waals surface area contributed by atoms with Gasteiger partial charge in [0, 0.05) is 13.2 Å². The number of aliphatic hydroxyl groups excluding tert-OH is 2. The van der Waals surface area contributed by atoms with Crippen molar-refractivity contribution < 1.29 is 23.5 Å². The molecule has 7 heteroatoms. The standard InChI is InChI=1S/C9H24O5Si2/c1-5-6-16(13-2,8-9(11)7-10)14-15(3,4)12/h9-12H,5-8H2,1-4H3. The van der Waals surface area contributed by atoms with Gasteiger partial charge in [0.2, 0.25) is 0 Å². The Morgan fingerprint density at radius 2 is 1.88 bits per heavy atom. The molecule has 16 heavy (non-hydrogen) atoms. The van der Waals surface area contributed by atoms with Crippen molar-refractivity contribution in [3.05, 3.63) is 0 Å². The van der Waals surface area contributed by atoms with Crippen LogP contribution in [0.3, 0.4) is 0 Å². The maximum absolute atomic E-state index is 9.82. The van der Waals surface area contributed by atoms with E-state index in [0.717, 1.165) is 6.42 Å². The Balaban J connectivity index is 4.70. The zero-order valence-corrected chi connectivity index (χ0v) is 12.6. The smallest absolute Gasteiger partial charge is 0.331 e. The van der Waals surface area contributed by atoms with Gasteiger partial charge in [-0.3, -0.25) is 0 Å². The van der Waals surface area contributed by atoms with Gasteiger partial charge in [-0.2, -0.15) is 0 Å². The predicted molar refractivity (Wildman–Crippen MR) is 66.5 cm³/mol. The van der Waals surface area contributed by atoms with Crippen molar-refractivity contribution in [3.8, 4) is 0 Å². The number of rotatable bonds is 8. The van der Waals surface area contributed by atoms with Crippen LogP contribution in [0.4, 0.5) is 0 Å². The third-order valence-electron chi connectivity index (χ3n) is 2.20. The molecule has 0 bridgehead atoms. The van der Waals surface area contributed by atoms with Gasteiger partial charge in [-0.05, 0) is 19.1 Å².